The van der Waals surface area contributed by atoms with Crippen LogP contribution in [0.1, 0.15) is 24.0 Å². The van der Waals surface area contributed by atoms with Crippen LogP contribution in [0.15, 0.2) is 64.6 Å². The molecular formula is C21H18FN3O4S. The number of pyridine rings is 1. The van der Waals surface area contributed by atoms with Crippen molar-refractivity contribution in [3.8, 4) is 0 Å². The van der Waals surface area contributed by atoms with Gasteiger partial charge in [-0.05, 0) is 36.8 Å². The average Bonchev–Trinajstić information content (AvgIpc) is 3.01. The predicted molar refractivity (Wildman–Crippen MR) is 109 cm³/mol. The minimum absolute atomic E-state index is 0.00564. The molecule has 3 aromatic rings. The van der Waals surface area contributed by atoms with E-state index in [1.807, 2.05) is 0 Å². The minimum atomic E-state index is -3.57. The molecule has 0 spiro atoms. The number of esters is 1. The summed E-state index contributed by atoms with van der Waals surface area (Å²) in [7, 11) is -3.57. The van der Waals surface area contributed by atoms with E-state index in [2.05, 4.69) is 14.7 Å². The highest BCUT2D eigenvalue weighted by atomic mass is 32.2. The fourth-order valence-corrected chi connectivity index (χ4v) is 4.46. The molecule has 1 N–H and O–H groups in total. The third-order valence-corrected chi connectivity index (χ3v) is 6.06. The Hall–Kier alpha value is -3.33. The number of amidine groups is 1. The van der Waals surface area contributed by atoms with Gasteiger partial charge in [0.05, 0.1) is 10.4 Å². The molecule has 0 saturated carbocycles. The molecule has 0 unspecified atom stereocenters. The lowest BCUT2D eigenvalue weighted by Crippen LogP contribution is -2.22. The molecule has 30 heavy (non-hydrogen) atoms. The molecule has 1 aromatic heterocycles. The Kier molecular flexibility index (Phi) is 5.45. The van der Waals surface area contributed by atoms with Gasteiger partial charge in [-0.1, -0.05) is 18.2 Å². The van der Waals surface area contributed by atoms with Crippen molar-refractivity contribution in [3.63, 3.8) is 0 Å². The number of hydrogen-bond donors (Lipinski definition) is 1. The second-order valence-corrected chi connectivity index (χ2v) is 8.35. The number of hydrogen-bond acceptors (Lipinski definition) is 6. The van der Waals surface area contributed by atoms with Gasteiger partial charge in [0.1, 0.15) is 18.3 Å². The van der Waals surface area contributed by atoms with Crippen molar-refractivity contribution in [1.29, 1.82) is 0 Å². The molecule has 0 fully saturated rings. The number of ether oxygens (including phenoxy) is 1. The van der Waals surface area contributed by atoms with E-state index in [0.717, 1.165) is 0 Å². The Bertz CT molecular complexity index is 1260. The zero-order valence-corrected chi connectivity index (χ0v) is 16.7. The quantitative estimate of drug-likeness (QED) is 0.482. The lowest BCUT2D eigenvalue weighted by molar-refractivity contribution is -0.145. The van der Waals surface area contributed by atoms with Gasteiger partial charge in [0.25, 0.3) is 10.0 Å². The van der Waals surface area contributed by atoms with Gasteiger partial charge in [-0.25, -0.2) is 12.8 Å². The van der Waals surface area contributed by atoms with Crippen LogP contribution in [0, 0.1) is 5.82 Å². The zero-order valence-electron chi connectivity index (χ0n) is 15.8. The molecule has 2 aromatic carbocycles. The van der Waals surface area contributed by atoms with E-state index in [4.69, 9.17) is 4.74 Å². The Morgan fingerprint density at radius 1 is 1.13 bits per heavy atom. The first-order valence-corrected chi connectivity index (χ1v) is 10.8. The van der Waals surface area contributed by atoms with Gasteiger partial charge in [0.2, 0.25) is 0 Å². The number of halogens is 1. The van der Waals surface area contributed by atoms with Gasteiger partial charge in [-0.3, -0.25) is 19.5 Å². The molecule has 0 saturated heterocycles. The number of fused-ring (bicyclic) bond motifs is 2. The molecule has 7 nitrogen and oxygen atoms in total. The van der Waals surface area contributed by atoms with E-state index in [1.54, 1.807) is 42.6 Å². The van der Waals surface area contributed by atoms with Gasteiger partial charge in [-0.15, -0.1) is 0 Å². The Morgan fingerprint density at radius 3 is 2.83 bits per heavy atom. The topological polar surface area (TPSA) is 97.7 Å². The first kappa shape index (κ1) is 20.0. The monoisotopic (exact) mass is 427 g/mol. The molecule has 0 atom stereocenters. The maximum Gasteiger partial charge on any atom is 0.306 e. The second kappa shape index (κ2) is 8.19. The molecule has 154 valence electrons. The molecule has 0 radical (unpaired) electrons. The molecule has 0 aliphatic carbocycles. The van der Waals surface area contributed by atoms with Crippen LogP contribution in [-0.2, 0) is 26.2 Å². The van der Waals surface area contributed by atoms with Crippen molar-refractivity contribution in [2.45, 2.75) is 24.3 Å². The van der Waals surface area contributed by atoms with Crippen LogP contribution in [0.2, 0.25) is 0 Å². The van der Waals surface area contributed by atoms with Crippen molar-refractivity contribution in [3.05, 3.63) is 71.7 Å². The number of benzene rings is 2. The largest absolute Gasteiger partial charge is 0.461 e. The third-order valence-electron chi connectivity index (χ3n) is 4.66. The predicted octanol–water partition coefficient (Wildman–Crippen LogP) is 2.94. The molecule has 2 heterocycles. The van der Waals surface area contributed by atoms with Crippen LogP contribution in [0.4, 0.5) is 4.39 Å². The van der Waals surface area contributed by atoms with Crippen molar-refractivity contribution in [2.24, 2.45) is 4.99 Å². The van der Waals surface area contributed by atoms with Crippen molar-refractivity contribution >= 4 is 32.7 Å². The summed E-state index contributed by atoms with van der Waals surface area (Å²) < 4.78 is 45.6. The highest BCUT2D eigenvalue weighted by Crippen LogP contribution is 2.22. The molecule has 1 aliphatic rings. The summed E-state index contributed by atoms with van der Waals surface area (Å²) in [6.07, 6.45) is 2.08. The maximum absolute atomic E-state index is 13.8. The van der Waals surface area contributed by atoms with E-state index in [1.165, 1.54) is 12.1 Å². The summed E-state index contributed by atoms with van der Waals surface area (Å²) in [5.74, 6) is -0.518. The normalized spacial score (nSPS) is 15.7. The fourth-order valence-electron chi connectivity index (χ4n) is 3.21. The van der Waals surface area contributed by atoms with E-state index < -0.39 is 16.0 Å². The number of nitrogens with zero attached hydrogens (tertiary/aromatic N) is 2. The lowest BCUT2D eigenvalue weighted by atomic mass is 10.1. The van der Waals surface area contributed by atoms with Gasteiger partial charge in [-0.2, -0.15) is 0 Å². The number of aliphatic imine (C=N–C) groups is 1. The van der Waals surface area contributed by atoms with Gasteiger partial charge >= 0.3 is 5.97 Å². The minimum Gasteiger partial charge on any atom is -0.461 e. The number of rotatable bonds is 6. The summed E-state index contributed by atoms with van der Waals surface area (Å²) in [5.41, 5.74) is 1.61. The van der Waals surface area contributed by atoms with E-state index in [9.17, 15) is 17.6 Å². The smallest absolute Gasteiger partial charge is 0.306 e. The SMILES string of the molecule is O=C(CCCN=C1NS(=O)(=O)c2ccccc21)OCc1ccc(F)c2cccnc12. The highest BCUT2D eigenvalue weighted by molar-refractivity contribution is 7.90. The van der Waals surface area contributed by atoms with Crippen LogP contribution < -0.4 is 4.72 Å². The maximum atomic E-state index is 13.8. The van der Waals surface area contributed by atoms with Crippen LogP contribution in [0.5, 0.6) is 0 Å². The average molecular weight is 427 g/mol. The summed E-state index contributed by atoms with van der Waals surface area (Å²) in [6, 6.07) is 12.7. The molecule has 4 rings (SSSR count). The number of aromatic nitrogens is 1. The molecule has 0 amide bonds. The van der Waals surface area contributed by atoms with E-state index in [-0.39, 0.29) is 36.1 Å². The Morgan fingerprint density at radius 2 is 1.97 bits per heavy atom. The number of carbonyl (C=O) groups is 1. The molecule has 1 aliphatic heterocycles. The van der Waals surface area contributed by atoms with Crippen LogP contribution in [0.3, 0.4) is 0 Å². The highest BCUT2D eigenvalue weighted by Gasteiger charge is 2.29. The number of nitrogens with one attached hydrogen (secondary N) is 1. The molecular weight excluding hydrogens is 409 g/mol. The van der Waals surface area contributed by atoms with E-state index >= 15 is 0 Å². The summed E-state index contributed by atoms with van der Waals surface area (Å²) in [6.45, 7) is 0.261. The third kappa shape index (κ3) is 4.02. The summed E-state index contributed by atoms with van der Waals surface area (Å²) in [5, 5.41) is 0.376. The summed E-state index contributed by atoms with van der Waals surface area (Å²) >= 11 is 0. The number of sulfonamides is 1. The second-order valence-electron chi connectivity index (χ2n) is 6.70. The first-order valence-electron chi connectivity index (χ1n) is 9.30. The van der Waals surface area contributed by atoms with Gasteiger partial charge < -0.3 is 4.74 Å². The Balaban J connectivity index is 1.32. The van der Waals surface area contributed by atoms with Gasteiger partial charge in [0.15, 0.2) is 0 Å². The zero-order chi connectivity index (χ0) is 21.1. The molecule has 0 bridgehead atoms. The van der Waals surface area contributed by atoms with Crippen molar-refractivity contribution < 1.29 is 22.3 Å². The number of carbonyl (C=O) groups excluding carboxylic acids is 1. The summed E-state index contributed by atoms with van der Waals surface area (Å²) in [4.78, 5) is 20.7. The van der Waals surface area contributed by atoms with Gasteiger partial charge in [0, 0.05) is 35.7 Å². The van der Waals surface area contributed by atoms with Crippen molar-refractivity contribution in [1.82, 2.24) is 9.71 Å². The van der Waals surface area contributed by atoms with Crippen LogP contribution in [0.25, 0.3) is 10.9 Å². The standard InChI is InChI=1S/C21H18FN3O4S/c22-17-10-9-14(20-15(17)6-3-11-23-20)13-29-19(26)8-4-12-24-21-16-5-1-2-7-18(16)30(27,28)25-21/h1-3,5-7,9-11H,4,8,12-13H2,(H,24,25). The van der Waals surface area contributed by atoms with Crippen molar-refractivity contribution in [2.75, 3.05) is 6.54 Å². The lowest BCUT2D eigenvalue weighted by Gasteiger charge is -2.08. The van der Waals surface area contributed by atoms with Crippen LogP contribution in [-0.4, -0.2) is 31.8 Å². The first-order chi connectivity index (χ1) is 14.5. The van der Waals surface area contributed by atoms with E-state index in [0.29, 0.717) is 28.5 Å². The fraction of sp³-hybridized carbons (Fsp3) is 0.190. The van der Waals surface area contributed by atoms with Crippen LogP contribution >= 0.6 is 0 Å². The Labute approximate surface area is 172 Å². The molecule has 9 heteroatoms.